The minimum atomic E-state index is -0.284. The molecular weight excluding hydrogens is 369 g/mol. The lowest BCUT2D eigenvalue weighted by atomic mass is 9.96. The summed E-state index contributed by atoms with van der Waals surface area (Å²) < 4.78 is 24.8. The van der Waals surface area contributed by atoms with Crippen molar-refractivity contribution < 1.29 is 18.3 Å². The Bertz CT molecular complexity index is 1050. The van der Waals surface area contributed by atoms with Crippen LogP contribution < -0.4 is 10.1 Å². The molecule has 0 aliphatic heterocycles. The molecule has 3 aromatic rings. The van der Waals surface area contributed by atoms with Gasteiger partial charge in [-0.25, -0.2) is 4.39 Å². The Morgan fingerprint density at radius 3 is 2.66 bits per heavy atom. The standard InChI is InChI=1S/C24H26FNO3/c1-5-6-11-26-22(27)12-15(2)19-13-20-21(17-7-9-18(25)10-8-17)14-29-24(20)16(3)23(19)28-4/h7-10,12-14H,5-6,11H2,1-4H3,(H,26,27)/b15-12+. The van der Waals surface area contributed by atoms with Gasteiger partial charge in [0.05, 0.1) is 13.4 Å². The van der Waals surface area contributed by atoms with Crippen LogP contribution in [-0.4, -0.2) is 19.6 Å². The SMILES string of the molecule is CCCCNC(=O)/C=C(\C)c1cc2c(-c3ccc(F)cc3)coc2c(C)c1OC. The monoisotopic (exact) mass is 395 g/mol. The van der Waals surface area contributed by atoms with E-state index < -0.39 is 0 Å². The minimum Gasteiger partial charge on any atom is -0.496 e. The summed E-state index contributed by atoms with van der Waals surface area (Å²) in [6.07, 6.45) is 5.24. The van der Waals surface area contributed by atoms with E-state index in [0.717, 1.165) is 46.1 Å². The van der Waals surface area contributed by atoms with E-state index in [0.29, 0.717) is 17.9 Å². The third-order valence-electron chi connectivity index (χ3n) is 5.01. The normalized spacial score (nSPS) is 11.7. The summed E-state index contributed by atoms with van der Waals surface area (Å²) in [5.41, 5.74) is 4.92. The van der Waals surface area contributed by atoms with Crippen molar-refractivity contribution in [2.75, 3.05) is 13.7 Å². The molecule has 152 valence electrons. The van der Waals surface area contributed by atoms with Crippen LogP contribution in [0.4, 0.5) is 4.39 Å². The number of hydrogen-bond donors (Lipinski definition) is 1. The number of unbranched alkanes of at least 4 members (excludes halogenated alkanes) is 1. The highest BCUT2D eigenvalue weighted by atomic mass is 19.1. The van der Waals surface area contributed by atoms with Crippen LogP contribution in [0.15, 0.2) is 47.1 Å². The third-order valence-corrected chi connectivity index (χ3v) is 5.01. The molecule has 0 aliphatic carbocycles. The Kier molecular flexibility index (Phi) is 6.37. The Balaban J connectivity index is 2.07. The second-order valence-corrected chi connectivity index (χ2v) is 7.09. The van der Waals surface area contributed by atoms with Gasteiger partial charge in [0.25, 0.3) is 0 Å². The van der Waals surface area contributed by atoms with E-state index in [4.69, 9.17) is 9.15 Å². The fourth-order valence-corrected chi connectivity index (χ4v) is 3.44. The largest absolute Gasteiger partial charge is 0.496 e. The number of benzene rings is 2. The number of allylic oxidation sites excluding steroid dienone is 1. The van der Waals surface area contributed by atoms with E-state index in [-0.39, 0.29) is 11.7 Å². The zero-order valence-corrected chi connectivity index (χ0v) is 17.3. The third kappa shape index (κ3) is 4.34. The number of halogens is 1. The molecule has 1 aromatic heterocycles. The summed E-state index contributed by atoms with van der Waals surface area (Å²) >= 11 is 0. The van der Waals surface area contributed by atoms with Gasteiger partial charge in [0.1, 0.15) is 17.1 Å². The number of fused-ring (bicyclic) bond motifs is 1. The number of nitrogens with one attached hydrogen (secondary N) is 1. The zero-order valence-electron chi connectivity index (χ0n) is 17.3. The Morgan fingerprint density at radius 1 is 1.28 bits per heavy atom. The van der Waals surface area contributed by atoms with Crippen LogP contribution in [0.1, 0.15) is 37.8 Å². The quantitative estimate of drug-likeness (QED) is 0.402. The summed E-state index contributed by atoms with van der Waals surface area (Å²) in [6, 6.07) is 8.27. The molecule has 2 aromatic carbocycles. The van der Waals surface area contributed by atoms with E-state index in [1.807, 2.05) is 19.9 Å². The Labute approximate surface area is 170 Å². The predicted molar refractivity (Wildman–Crippen MR) is 114 cm³/mol. The number of furan rings is 1. The maximum atomic E-state index is 13.3. The van der Waals surface area contributed by atoms with Crippen molar-refractivity contribution >= 4 is 22.4 Å². The van der Waals surface area contributed by atoms with Gasteiger partial charge in [-0.1, -0.05) is 25.5 Å². The molecule has 0 fully saturated rings. The van der Waals surface area contributed by atoms with Gasteiger partial charge in [-0.15, -0.1) is 0 Å². The summed E-state index contributed by atoms with van der Waals surface area (Å²) in [5, 5.41) is 3.79. The molecule has 0 atom stereocenters. The van der Waals surface area contributed by atoms with E-state index in [1.54, 1.807) is 31.6 Å². The molecule has 29 heavy (non-hydrogen) atoms. The zero-order chi connectivity index (χ0) is 21.0. The van der Waals surface area contributed by atoms with Gasteiger partial charge in [0.2, 0.25) is 5.91 Å². The molecule has 0 spiro atoms. The molecular formula is C24H26FNO3. The lowest BCUT2D eigenvalue weighted by molar-refractivity contribution is -0.116. The number of amides is 1. The molecule has 3 rings (SSSR count). The van der Waals surface area contributed by atoms with Gasteiger partial charge >= 0.3 is 0 Å². The van der Waals surface area contributed by atoms with Crippen LogP contribution in [-0.2, 0) is 4.79 Å². The number of hydrogen-bond acceptors (Lipinski definition) is 3. The molecule has 0 radical (unpaired) electrons. The first-order chi connectivity index (χ1) is 14.0. The molecule has 0 saturated heterocycles. The first-order valence-electron chi connectivity index (χ1n) is 9.77. The van der Waals surface area contributed by atoms with Crippen LogP contribution in [0.25, 0.3) is 27.7 Å². The summed E-state index contributed by atoms with van der Waals surface area (Å²) in [7, 11) is 1.61. The van der Waals surface area contributed by atoms with Crippen molar-refractivity contribution in [2.45, 2.75) is 33.6 Å². The van der Waals surface area contributed by atoms with Gasteiger partial charge in [0, 0.05) is 34.7 Å². The van der Waals surface area contributed by atoms with Crippen LogP contribution in [0.2, 0.25) is 0 Å². The van der Waals surface area contributed by atoms with Crippen molar-refractivity contribution in [3.63, 3.8) is 0 Å². The van der Waals surface area contributed by atoms with Crippen LogP contribution in [0, 0.1) is 12.7 Å². The van der Waals surface area contributed by atoms with Crippen LogP contribution in [0.3, 0.4) is 0 Å². The molecule has 4 nitrogen and oxygen atoms in total. The summed E-state index contributed by atoms with van der Waals surface area (Å²) in [5.74, 6) is 0.266. The summed E-state index contributed by atoms with van der Waals surface area (Å²) in [6.45, 7) is 6.56. The second kappa shape index (κ2) is 8.95. The number of carbonyl (C=O) groups is 1. The average molecular weight is 395 g/mol. The van der Waals surface area contributed by atoms with E-state index in [9.17, 15) is 9.18 Å². The molecule has 0 saturated carbocycles. The first kappa shape index (κ1) is 20.6. The topological polar surface area (TPSA) is 51.5 Å². The Morgan fingerprint density at radius 2 is 2.00 bits per heavy atom. The maximum absolute atomic E-state index is 13.3. The van der Waals surface area contributed by atoms with Gasteiger partial charge in [-0.2, -0.15) is 0 Å². The smallest absolute Gasteiger partial charge is 0.244 e. The van der Waals surface area contributed by atoms with Gasteiger partial charge in [0.15, 0.2) is 0 Å². The molecule has 0 aliphatic rings. The Hall–Kier alpha value is -3.08. The van der Waals surface area contributed by atoms with Crippen molar-refractivity contribution in [1.29, 1.82) is 0 Å². The van der Waals surface area contributed by atoms with Gasteiger partial charge < -0.3 is 14.5 Å². The van der Waals surface area contributed by atoms with Gasteiger partial charge in [-0.3, -0.25) is 4.79 Å². The van der Waals surface area contributed by atoms with E-state index in [2.05, 4.69) is 12.2 Å². The molecule has 0 unspecified atom stereocenters. The van der Waals surface area contributed by atoms with Crippen molar-refractivity contribution in [2.24, 2.45) is 0 Å². The highest BCUT2D eigenvalue weighted by molar-refractivity contribution is 6.01. The maximum Gasteiger partial charge on any atom is 0.244 e. The molecule has 5 heteroatoms. The minimum absolute atomic E-state index is 0.123. The fraction of sp³-hybridized carbons (Fsp3) is 0.292. The molecule has 0 bridgehead atoms. The fourth-order valence-electron chi connectivity index (χ4n) is 3.44. The first-order valence-corrected chi connectivity index (χ1v) is 9.77. The number of carbonyl (C=O) groups excluding carboxylic acids is 1. The molecule has 1 heterocycles. The highest BCUT2D eigenvalue weighted by Gasteiger charge is 2.18. The van der Waals surface area contributed by atoms with Gasteiger partial charge in [-0.05, 0) is 49.6 Å². The van der Waals surface area contributed by atoms with E-state index in [1.165, 1.54) is 12.1 Å². The number of ether oxygens (including phenoxy) is 1. The number of rotatable bonds is 7. The van der Waals surface area contributed by atoms with Crippen molar-refractivity contribution in [3.05, 3.63) is 59.6 Å². The average Bonchev–Trinajstić information content (AvgIpc) is 3.13. The van der Waals surface area contributed by atoms with Crippen molar-refractivity contribution in [3.8, 4) is 16.9 Å². The predicted octanol–water partition coefficient (Wildman–Crippen LogP) is 5.88. The second-order valence-electron chi connectivity index (χ2n) is 7.09. The molecule has 1 amide bonds. The highest BCUT2D eigenvalue weighted by Crippen LogP contribution is 2.40. The van der Waals surface area contributed by atoms with Crippen LogP contribution in [0.5, 0.6) is 5.75 Å². The summed E-state index contributed by atoms with van der Waals surface area (Å²) in [4.78, 5) is 12.2. The molecule has 1 N–H and O–H groups in total. The lowest BCUT2D eigenvalue weighted by Gasteiger charge is -2.13. The number of methoxy groups -OCH3 is 1. The van der Waals surface area contributed by atoms with Crippen molar-refractivity contribution in [1.82, 2.24) is 5.32 Å². The lowest BCUT2D eigenvalue weighted by Crippen LogP contribution is -2.22. The van der Waals surface area contributed by atoms with E-state index >= 15 is 0 Å². The number of aryl methyl sites for hydroxylation is 1. The van der Waals surface area contributed by atoms with Crippen LogP contribution >= 0.6 is 0 Å².